The van der Waals surface area contributed by atoms with Crippen molar-refractivity contribution in [2.45, 2.75) is 12.8 Å². The minimum Gasteiger partial charge on any atom is -0.379 e. The molecule has 0 heterocycles. The first kappa shape index (κ1) is 10.2. The average Bonchev–Trinajstić information content (AvgIpc) is 2.97. The van der Waals surface area contributed by atoms with E-state index >= 15 is 0 Å². The summed E-state index contributed by atoms with van der Waals surface area (Å²) in [5.74, 6) is 0.670. The highest BCUT2D eigenvalue weighted by Gasteiger charge is 2.22. The summed E-state index contributed by atoms with van der Waals surface area (Å²) in [5, 5.41) is 14.3. The predicted molar refractivity (Wildman–Crippen MR) is 59.3 cm³/mol. The number of nitro groups is 1. The minimum absolute atomic E-state index is 0.0834. The van der Waals surface area contributed by atoms with Crippen LogP contribution < -0.4 is 5.32 Å². The van der Waals surface area contributed by atoms with E-state index in [1.807, 2.05) is 0 Å². The molecule has 0 atom stereocenters. The van der Waals surface area contributed by atoms with Crippen LogP contribution in [0.1, 0.15) is 12.8 Å². The molecule has 1 N–H and O–H groups in total. The van der Waals surface area contributed by atoms with Crippen molar-refractivity contribution in [2.24, 2.45) is 5.92 Å². The standard InChI is InChI=1S/C10H11ClN2O2/c11-8-3-4-10(13(14)15)9(5-8)12-6-7-1-2-7/h3-5,7,12H,1-2,6H2. The highest BCUT2D eigenvalue weighted by molar-refractivity contribution is 6.31. The summed E-state index contributed by atoms with van der Waals surface area (Å²) >= 11 is 5.79. The number of nitro benzene ring substituents is 1. The zero-order chi connectivity index (χ0) is 10.8. The van der Waals surface area contributed by atoms with Crippen molar-refractivity contribution in [3.05, 3.63) is 33.3 Å². The average molecular weight is 227 g/mol. The highest BCUT2D eigenvalue weighted by atomic mass is 35.5. The van der Waals surface area contributed by atoms with Crippen molar-refractivity contribution in [3.63, 3.8) is 0 Å². The first-order chi connectivity index (χ1) is 7.16. The molecule has 0 amide bonds. The molecular formula is C10H11ClN2O2. The van der Waals surface area contributed by atoms with Crippen LogP contribution in [0.25, 0.3) is 0 Å². The zero-order valence-electron chi connectivity index (χ0n) is 8.07. The Labute approximate surface area is 92.4 Å². The summed E-state index contributed by atoms with van der Waals surface area (Å²) in [6.45, 7) is 0.793. The van der Waals surface area contributed by atoms with Crippen LogP contribution in [0, 0.1) is 16.0 Å². The molecular weight excluding hydrogens is 216 g/mol. The van der Waals surface area contributed by atoms with Crippen molar-refractivity contribution in [1.82, 2.24) is 0 Å². The maximum Gasteiger partial charge on any atom is 0.292 e. The Balaban J connectivity index is 2.16. The van der Waals surface area contributed by atoms with Gasteiger partial charge in [-0.3, -0.25) is 10.1 Å². The molecule has 1 saturated carbocycles. The Morgan fingerprint density at radius 1 is 1.53 bits per heavy atom. The largest absolute Gasteiger partial charge is 0.379 e. The molecule has 0 aromatic heterocycles. The van der Waals surface area contributed by atoms with Gasteiger partial charge in [0.15, 0.2) is 0 Å². The summed E-state index contributed by atoms with van der Waals surface area (Å²) in [7, 11) is 0. The van der Waals surface area contributed by atoms with Gasteiger partial charge in [0, 0.05) is 17.6 Å². The van der Waals surface area contributed by atoms with Gasteiger partial charge in [0.1, 0.15) is 5.69 Å². The topological polar surface area (TPSA) is 55.2 Å². The third-order valence-electron chi connectivity index (χ3n) is 2.43. The van der Waals surface area contributed by atoms with Crippen LogP contribution in [0.5, 0.6) is 0 Å². The fraction of sp³-hybridized carbons (Fsp3) is 0.400. The van der Waals surface area contributed by atoms with E-state index in [1.54, 1.807) is 6.07 Å². The minimum atomic E-state index is -0.397. The lowest BCUT2D eigenvalue weighted by Gasteiger charge is -2.06. The summed E-state index contributed by atoms with van der Waals surface area (Å²) in [5.41, 5.74) is 0.597. The Morgan fingerprint density at radius 2 is 2.27 bits per heavy atom. The van der Waals surface area contributed by atoms with Gasteiger partial charge < -0.3 is 5.32 Å². The van der Waals surface area contributed by atoms with Crippen molar-refractivity contribution in [3.8, 4) is 0 Å². The van der Waals surface area contributed by atoms with E-state index < -0.39 is 4.92 Å². The van der Waals surface area contributed by atoms with E-state index in [4.69, 9.17) is 11.6 Å². The van der Waals surface area contributed by atoms with Gasteiger partial charge in [0.25, 0.3) is 5.69 Å². The Kier molecular flexibility index (Phi) is 2.77. The molecule has 1 aromatic rings. The Bertz CT molecular complexity index is 391. The predicted octanol–water partition coefficient (Wildman–Crippen LogP) is 3.07. The van der Waals surface area contributed by atoms with E-state index in [1.165, 1.54) is 25.0 Å². The van der Waals surface area contributed by atoms with Crippen molar-refractivity contribution in [2.75, 3.05) is 11.9 Å². The van der Waals surface area contributed by atoms with Crippen LogP contribution in [0.3, 0.4) is 0 Å². The van der Waals surface area contributed by atoms with Gasteiger partial charge in [-0.15, -0.1) is 0 Å². The van der Waals surface area contributed by atoms with Crippen molar-refractivity contribution >= 4 is 23.0 Å². The zero-order valence-corrected chi connectivity index (χ0v) is 8.83. The van der Waals surface area contributed by atoms with Crippen LogP contribution in [0.15, 0.2) is 18.2 Å². The molecule has 5 heteroatoms. The monoisotopic (exact) mass is 226 g/mol. The molecule has 0 saturated heterocycles. The van der Waals surface area contributed by atoms with Gasteiger partial charge in [0.05, 0.1) is 4.92 Å². The number of nitrogens with zero attached hydrogens (tertiary/aromatic N) is 1. The smallest absolute Gasteiger partial charge is 0.292 e. The third kappa shape index (κ3) is 2.59. The van der Waals surface area contributed by atoms with Crippen LogP contribution in [-0.4, -0.2) is 11.5 Å². The number of hydrogen-bond acceptors (Lipinski definition) is 3. The Hall–Kier alpha value is -1.29. The van der Waals surface area contributed by atoms with Crippen molar-refractivity contribution in [1.29, 1.82) is 0 Å². The van der Waals surface area contributed by atoms with Gasteiger partial charge in [-0.25, -0.2) is 0 Å². The second-order valence-corrected chi connectivity index (χ2v) is 4.18. The lowest BCUT2D eigenvalue weighted by Crippen LogP contribution is -2.05. The normalized spacial score (nSPS) is 15.0. The molecule has 0 spiro atoms. The number of anilines is 1. The van der Waals surface area contributed by atoms with Gasteiger partial charge in [0.2, 0.25) is 0 Å². The number of hydrogen-bond donors (Lipinski definition) is 1. The quantitative estimate of drug-likeness (QED) is 0.634. The van der Waals surface area contributed by atoms with Gasteiger partial charge in [-0.2, -0.15) is 0 Å². The molecule has 1 aromatic carbocycles. The molecule has 15 heavy (non-hydrogen) atoms. The van der Waals surface area contributed by atoms with Crippen LogP contribution in [0.4, 0.5) is 11.4 Å². The SMILES string of the molecule is O=[N+]([O-])c1ccc(Cl)cc1NCC1CC1. The fourth-order valence-corrected chi connectivity index (χ4v) is 1.56. The first-order valence-corrected chi connectivity index (χ1v) is 5.22. The molecule has 1 aliphatic carbocycles. The molecule has 1 fully saturated rings. The highest BCUT2D eigenvalue weighted by Crippen LogP contribution is 2.32. The lowest BCUT2D eigenvalue weighted by atomic mass is 10.2. The summed E-state index contributed by atoms with van der Waals surface area (Å²) in [6, 6.07) is 4.56. The van der Waals surface area contributed by atoms with E-state index in [0.717, 1.165) is 6.54 Å². The maximum atomic E-state index is 10.7. The Morgan fingerprint density at radius 3 is 2.87 bits per heavy atom. The van der Waals surface area contributed by atoms with Gasteiger partial charge >= 0.3 is 0 Å². The molecule has 0 radical (unpaired) electrons. The number of nitrogens with one attached hydrogen (secondary N) is 1. The molecule has 4 nitrogen and oxygen atoms in total. The van der Waals surface area contributed by atoms with E-state index in [9.17, 15) is 10.1 Å². The molecule has 0 aliphatic heterocycles. The van der Waals surface area contributed by atoms with Crippen LogP contribution >= 0.6 is 11.6 Å². The number of rotatable bonds is 4. The fourth-order valence-electron chi connectivity index (χ4n) is 1.39. The third-order valence-corrected chi connectivity index (χ3v) is 2.67. The van der Waals surface area contributed by atoms with Crippen LogP contribution in [-0.2, 0) is 0 Å². The van der Waals surface area contributed by atoms with Gasteiger partial charge in [-0.1, -0.05) is 11.6 Å². The summed E-state index contributed by atoms with van der Waals surface area (Å²) < 4.78 is 0. The molecule has 0 unspecified atom stereocenters. The molecule has 80 valence electrons. The number of benzene rings is 1. The molecule has 0 bridgehead atoms. The van der Waals surface area contributed by atoms with Crippen molar-refractivity contribution < 1.29 is 4.92 Å². The maximum absolute atomic E-state index is 10.7. The summed E-state index contributed by atoms with van der Waals surface area (Å²) in [6.07, 6.45) is 2.42. The van der Waals surface area contributed by atoms with Crippen LogP contribution in [0.2, 0.25) is 5.02 Å². The number of halogens is 1. The molecule has 2 rings (SSSR count). The lowest BCUT2D eigenvalue weighted by molar-refractivity contribution is -0.384. The second-order valence-electron chi connectivity index (χ2n) is 3.74. The van der Waals surface area contributed by atoms with E-state index in [2.05, 4.69) is 5.32 Å². The van der Waals surface area contributed by atoms with E-state index in [-0.39, 0.29) is 5.69 Å². The summed E-state index contributed by atoms with van der Waals surface area (Å²) in [4.78, 5) is 10.3. The second kappa shape index (κ2) is 4.06. The first-order valence-electron chi connectivity index (χ1n) is 4.84. The molecule has 1 aliphatic rings. The van der Waals surface area contributed by atoms with E-state index in [0.29, 0.717) is 16.6 Å². The van der Waals surface area contributed by atoms with Gasteiger partial charge in [-0.05, 0) is 30.9 Å².